The maximum absolute atomic E-state index is 13.2. The first-order chi connectivity index (χ1) is 13.0. The fourth-order valence-electron chi connectivity index (χ4n) is 2.65. The Morgan fingerprint density at radius 2 is 1.93 bits per heavy atom. The summed E-state index contributed by atoms with van der Waals surface area (Å²) in [6.07, 6.45) is 1.24. The van der Waals surface area contributed by atoms with Gasteiger partial charge in [-0.3, -0.25) is 14.2 Å². The Morgan fingerprint density at radius 3 is 2.67 bits per heavy atom. The van der Waals surface area contributed by atoms with E-state index in [9.17, 15) is 14.0 Å². The molecule has 0 radical (unpaired) electrons. The van der Waals surface area contributed by atoms with E-state index in [0.717, 1.165) is 5.56 Å². The van der Waals surface area contributed by atoms with Crippen molar-refractivity contribution in [2.45, 2.75) is 13.1 Å². The van der Waals surface area contributed by atoms with Gasteiger partial charge < -0.3 is 14.8 Å². The number of methoxy groups -OCH3 is 2. The number of rotatable bonds is 6. The van der Waals surface area contributed by atoms with Crippen LogP contribution in [0.1, 0.15) is 5.56 Å². The van der Waals surface area contributed by atoms with E-state index in [-0.39, 0.29) is 29.9 Å². The summed E-state index contributed by atoms with van der Waals surface area (Å²) in [4.78, 5) is 28.6. The summed E-state index contributed by atoms with van der Waals surface area (Å²) >= 11 is 0. The molecule has 0 saturated carbocycles. The molecule has 0 aliphatic carbocycles. The van der Waals surface area contributed by atoms with E-state index < -0.39 is 11.4 Å². The monoisotopic (exact) mass is 371 g/mol. The summed E-state index contributed by atoms with van der Waals surface area (Å²) in [7, 11) is 3.08. The van der Waals surface area contributed by atoms with Crippen molar-refractivity contribution >= 4 is 16.8 Å². The first-order valence-electron chi connectivity index (χ1n) is 8.14. The number of nitrogens with one attached hydrogen (secondary N) is 1. The number of benzene rings is 2. The third-order valence-corrected chi connectivity index (χ3v) is 4.04. The number of aromatic nitrogens is 2. The molecule has 3 aromatic rings. The highest BCUT2D eigenvalue weighted by Crippen LogP contribution is 2.27. The van der Waals surface area contributed by atoms with Gasteiger partial charge in [0.2, 0.25) is 5.91 Å². The molecular formula is C19H18FN3O4. The topological polar surface area (TPSA) is 82.5 Å². The first kappa shape index (κ1) is 18.4. The molecule has 0 atom stereocenters. The third kappa shape index (κ3) is 4.05. The average Bonchev–Trinajstić information content (AvgIpc) is 2.68. The Morgan fingerprint density at radius 1 is 1.15 bits per heavy atom. The van der Waals surface area contributed by atoms with Gasteiger partial charge in [0.1, 0.15) is 12.4 Å². The van der Waals surface area contributed by atoms with Crippen molar-refractivity contribution in [2.75, 3.05) is 14.2 Å². The van der Waals surface area contributed by atoms with Gasteiger partial charge in [0.05, 0.1) is 31.4 Å². The number of amides is 1. The zero-order chi connectivity index (χ0) is 19.4. The number of carbonyl (C=O) groups is 1. The Kier molecular flexibility index (Phi) is 5.35. The third-order valence-electron chi connectivity index (χ3n) is 4.04. The van der Waals surface area contributed by atoms with Gasteiger partial charge in [0.15, 0.2) is 11.5 Å². The molecular weight excluding hydrogens is 353 g/mol. The van der Waals surface area contributed by atoms with Crippen LogP contribution >= 0.6 is 0 Å². The fraction of sp³-hybridized carbons (Fsp3) is 0.211. The molecule has 0 saturated heterocycles. The zero-order valence-electron chi connectivity index (χ0n) is 14.9. The van der Waals surface area contributed by atoms with Gasteiger partial charge >= 0.3 is 0 Å². The molecule has 0 unspecified atom stereocenters. The van der Waals surface area contributed by atoms with Crippen LogP contribution in [0.15, 0.2) is 47.5 Å². The second kappa shape index (κ2) is 7.86. The molecule has 140 valence electrons. The number of hydrogen-bond donors (Lipinski definition) is 1. The standard InChI is InChI=1S/C19H18FN3O4/c1-26-16-6-3-12(7-17(16)27-2)9-21-18(24)10-23-11-22-15-8-13(20)4-5-14(15)19(23)25/h3-8,11H,9-10H2,1-2H3,(H,21,24). The minimum Gasteiger partial charge on any atom is -0.493 e. The molecule has 1 amide bonds. The van der Waals surface area contributed by atoms with Crippen molar-refractivity contribution in [3.63, 3.8) is 0 Å². The van der Waals surface area contributed by atoms with E-state index in [1.165, 1.54) is 36.2 Å². The number of halogens is 1. The van der Waals surface area contributed by atoms with Crippen molar-refractivity contribution in [1.29, 1.82) is 0 Å². The zero-order valence-corrected chi connectivity index (χ0v) is 14.9. The van der Waals surface area contributed by atoms with Crippen molar-refractivity contribution < 1.29 is 18.7 Å². The van der Waals surface area contributed by atoms with Gasteiger partial charge in [-0.25, -0.2) is 9.37 Å². The van der Waals surface area contributed by atoms with Crippen LogP contribution in [-0.2, 0) is 17.9 Å². The van der Waals surface area contributed by atoms with Crippen molar-refractivity contribution in [1.82, 2.24) is 14.9 Å². The van der Waals surface area contributed by atoms with E-state index in [1.54, 1.807) is 25.3 Å². The molecule has 7 nitrogen and oxygen atoms in total. The maximum atomic E-state index is 13.2. The Hall–Kier alpha value is -3.42. The van der Waals surface area contributed by atoms with Crippen LogP contribution in [0.4, 0.5) is 4.39 Å². The highest BCUT2D eigenvalue weighted by Gasteiger charge is 2.10. The highest BCUT2D eigenvalue weighted by molar-refractivity contribution is 5.79. The second-order valence-electron chi connectivity index (χ2n) is 5.81. The lowest BCUT2D eigenvalue weighted by atomic mass is 10.2. The lowest BCUT2D eigenvalue weighted by molar-refractivity contribution is -0.121. The van der Waals surface area contributed by atoms with Crippen molar-refractivity contribution in [2.24, 2.45) is 0 Å². The minimum absolute atomic E-state index is 0.188. The van der Waals surface area contributed by atoms with Gasteiger partial charge in [-0.15, -0.1) is 0 Å². The van der Waals surface area contributed by atoms with E-state index >= 15 is 0 Å². The molecule has 3 rings (SSSR count). The summed E-state index contributed by atoms with van der Waals surface area (Å²) in [5.41, 5.74) is 0.670. The van der Waals surface area contributed by atoms with Gasteiger partial charge in [-0.2, -0.15) is 0 Å². The summed E-state index contributed by atoms with van der Waals surface area (Å²) in [6, 6.07) is 9.04. The SMILES string of the molecule is COc1ccc(CNC(=O)Cn2cnc3cc(F)ccc3c2=O)cc1OC. The second-order valence-corrected chi connectivity index (χ2v) is 5.81. The molecule has 0 aliphatic rings. The lowest BCUT2D eigenvalue weighted by Crippen LogP contribution is -2.32. The number of ether oxygens (including phenoxy) is 2. The highest BCUT2D eigenvalue weighted by atomic mass is 19.1. The summed E-state index contributed by atoms with van der Waals surface area (Å²) in [5, 5.41) is 2.99. The molecule has 1 heterocycles. The van der Waals surface area contributed by atoms with E-state index in [4.69, 9.17) is 9.47 Å². The van der Waals surface area contributed by atoms with E-state index in [0.29, 0.717) is 11.5 Å². The number of carbonyl (C=O) groups excluding carboxylic acids is 1. The minimum atomic E-state index is -0.472. The summed E-state index contributed by atoms with van der Waals surface area (Å²) in [6.45, 7) is 0.0760. The van der Waals surface area contributed by atoms with Crippen LogP contribution in [-0.4, -0.2) is 29.7 Å². The predicted octanol–water partition coefficient (Wildman–Crippen LogP) is 1.87. The van der Waals surface area contributed by atoms with Crippen molar-refractivity contribution in [3.05, 3.63) is 64.5 Å². The van der Waals surface area contributed by atoms with Gasteiger partial charge in [0, 0.05) is 12.6 Å². The van der Waals surface area contributed by atoms with Gasteiger partial charge in [-0.05, 0) is 29.8 Å². The molecule has 1 aromatic heterocycles. The Balaban J connectivity index is 1.69. The molecule has 0 bridgehead atoms. The summed E-state index contributed by atoms with van der Waals surface area (Å²) in [5.74, 6) is 0.333. The van der Waals surface area contributed by atoms with Gasteiger partial charge in [-0.1, -0.05) is 6.07 Å². The molecule has 8 heteroatoms. The number of fused-ring (bicyclic) bond motifs is 1. The maximum Gasteiger partial charge on any atom is 0.261 e. The quantitative estimate of drug-likeness (QED) is 0.715. The van der Waals surface area contributed by atoms with Crippen LogP contribution in [0.25, 0.3) is 10.9 Å². The van der Waals surface area contributed by atoms with E-state index in [1.807, 2.05) is 0 Å². The first-order valence-corrected chi connectivity index (χ1v) is 8.14. The molecule has 0 fully saturated rings. The molecule has 1 N–H and O–H groups in total. The fourth-order valence-corrected chi connectivity index (χ4v) is 2.65. The van der Waals surface area contributed by atoms with Crippen LogP contribution in [0.2, 0.25) is 0 Å². The Bertz CT molecular complexity index is 1050. The van der Waals surface area contributed by atoms with Crippen LogP contribution in [0.5, 0.6) is 11.5 Å². The molecule has 0 spiro atoms. The van der Waals surface area contributed by atoms with Crippen LogP contribution in [0.3, 0.4) is 0 Å². The number of nitrogens with zero attached hydrogens (tertiary/aromatic N) is 2. The smallest absolute Gasteiger partial charge is 0.261 e. The van der Waals surface area contributed by atoms with E-state index in [2.05, 4.69) is 10.3 Å². The number of hydrogen-bond acceptors (Lipinski definition) is 5. The largest absolute Gasteiger partial charge is 0.493 e. The van der Waals surface area contributed by atoms with Crippen molar-refractivity contribution in [3.8, 4) is 11.5 Å². The summed E-state index contributed by atoms with van der Waals surface area (Å²) < 4.78 is 24.8. The van der Waals surface area contributed by atoms with Crippen LogP contribution in [0, 0.1) is 5.82 Å². The average molecular weight is 371 g/mol. The van der Waals surface area contributed by atoms with Gasteiger partial charge in [0.25, 0.3) is 5.56 Å². The Labute approximate surface area is 154 Å². The molecule has 0 aliphatic heterocycles. The molecule has 2 aromatic carbocycles. The molecule has 27 heavy (non-hydrogen) atoms. The normalized spacial score (nSPS) is 10.6. The van der Waals surface area contributed by atoms with Crippen LogP contribution < -0.4 is 20.3 Å². The predicted molar refractivity (Wildman–Crippen MR) is 97.4 cm³/mol. The lowest BCUT2D eigenvalue weighted by Gasteiger charge is -2.11.